The number of hydrogen-bond donors (Lipinski definition) is 3. The zero-order valence-corrected chi connectivity index (χ0v) is 17.7. The molecule has 0 aliphatic carbocycles. The smallest absolute Gasteiger partial charge is 0.321 e. The highest BCUT2D eigenvalue weighted by atomic mass is 16.2. The molecule has 0 fully saturated rings. The number of carbonyl (C=O) groups is 2. The van der Waals surface area contributed by atoms with Crippen molar-refractivity contribution in [3.8, 4) is 5.69 Å². The Labute approximate surface area is 184 Å². The van der Waals surface area contributed by atoms with Gasteiger partial charge in [-0.1, -0.05) is 30.3 Å². The monoisotopic (exact) mass is 429 g/mol. The van der Waals surface area contributed by atoms with E-state index in [2.05, 4.69) is 31.0 Å². The number of hydrogen-bond acceptors (Lipinski definition) is 5. The molecule has 0 spiro atoms. The molecule has 3 N–H and O–H groups in total. The molecule has 0 aliphatic rings. The lowest BCUT2D eigenvalue weighted by Crippen LogP contribution is -2.42. The lowest BCUT2D eigenvalue weighted by atomic mass is 10.1. The van der Waals surface area contributed by atoms with Crippen molar-refractivity contribution in [2.45, 2.75) is 19.9 Å². The first-order chi connectivity index (χ1) is 15.5. The molecular weight excluding hydrogens is 406 g/mol. The predicted molar refractivity (Wildman–Crippen MR) is 121 cm³/mol. The maximum atomic E-state index is 12.6. The van der Waals surface area contributed by atoms with Gasteiger partial charge >= 0.3 is 6.03 Å². The van der Waals surface area contributed by atoms with Crippen LogP contribution in [0.1, 0.15) is 24.2 Å². The van der Waals surface area contributed by atoms with Crippen molar-refractivity contribution in [1.82, 2.24) is 30.4 Å². The van der Waals surface area contributed by atoms with Crippen LogP contribution in [-0.2, 0) is 4.79 Å². The second-order valence-electron chi connectivity index (χ2n) is 7.18. The second kappa shape index (κ2) is 9.25. The number of rotatable bonds is 6. The minimum atomic E-state index is -0.822. The Morgan fingerprint density at radius 1 is 1.06 bits per heavy atom. The van der Waals surface area contributed by atoms with Gasteiger partial charge < -0.3 is 10.6 Å². The number of aromatic nitrogens is 4. The van der Waals surface area contributed by atoms with Crippen molar-refractivity contribution in [1.29, 1.82) is 0 Å². The number of benzene rings is 1. The molecule has 0 aliphatic heterocycles. The Balaban J connectivity index is 1.52. The van der Waals surface area contributed by atoms with Crippen molar-refractivity contribution in [3.63, 3.8) is 0 Å². The molecule has 3 amide bonds. The Morgan fingerprint density at radius 3 is 2.62 bits per heavy atom. The summed E-state index contributed by atoms with van der Waals surface area (Å²) in [6, 6.07) is 13.2. The first-order valence-electron chi connectivity index (χ1n) is 10.2. The first kappa shape index (κ1) is 21.0. The Kier molecular flexibility index (Phi) is 6.07. The number of pyridine rings is 2. The highest BCUT2D eigenvalue weighted by Crippen LogP contribution is 2.20. The number of nitrogens with zero attached hydrogens (tertiary/aromatic N) is 4. The number of nitrogens with one attached hydrogen (secondary N) is 3. The molecule has 9 heteroatoms. The SMILES string of the molecule is CCNC(=O)[C@@H](NC(=O)Nc1cc2cnn(-c3ccnc(C)c3)c2cn1)c1ccccc1. The fourth-order valence-electron chi connectivity index (χ4n) is 3.37. The molecule has 4 aromatic rings. The van der Waals surface area contributed by atoms with Gasteiger partial charge in [-0.25, -0.2) is 14.5 Å². The normalized spacial score (nSPS) is 11.7. The summed E-state index contributed by atoms with van der Waals surface area (Å²) in [7, 11) is 0. The summed E-state index contributed by atoms with van der Waals surface area (Å²) in [4.78, 5) is 33.7. The summed E-state index contributed by atoms with van der Waals surface area (Å²) in [5.74, 6) is 0.0642. The van der Waals surface area contributed by atoms with Gasteiger partial charge in [-0.05, 0) is 37.6 Å². The lowest BCUT2D eigenvalue weighted by molar-refractivity contribution is -0.122. The standard InChI is InChI=1S/C23H23N7O2/c1-3-24-22(31)21(16-7-5-4-6-8-16)29-23(32)28-20-12-17-13-27-30(19(17)14-26-20)18-9-10-25-15(2)11-18/h4-14,21H,3H2,1-2H3,(H,24,31)(H2,26,28,29,32)/t21-/m0/s1. The van der Waals surface area contributed by atoms with E-state index in [4.69, 9.17) is 0 Å². The van der Waals surface area contributed by atoms with E-state index >= 15 is 0 Å². The molecule has 0 saturated carbocycles. The minimum absolute atomic E-state index is 0.286. The summed E-state index contributed by atoms with van der Waals surface area (Å²) in [6.07, 6.45) is 5.08. The van der Waals surface area contributed by atoms with Crippen molar-refractivity contribution in [3.05, 3.63) is 78.4 Å². The molecule has 3 heterocycles. The van der Waals surface area contributed by atoms with E-state index in [1.54, 1.807) is 41.5 Å². The number of amides is 3. The average molecular weight is 429 g/mol. The van der Waals surface area contributed by atoms with Crippen LogP contribution >= 0.6 is 0 Å². The number of urea groups is 1. The second-order valence-corrected chi connectivity index (χ2v) is 7.18. The van der Waals surface area contributed by atoms with E-state index in [0.29, 0.717) is 17.9 Å². The molecular formula is C23H23N7O2. The first-order valence-corrected chi connectivity index (χ1v) is 10.2. The largest absolute Gasteiger partial charge is 0.354 e. The zero-order valence-electron chi connectivity index (χ0n) is 17.7. The molecule has 0 bridgehead atoms. The molecule has 1 atom stereocenters. The summed E-state index contributed by atoms with van der Waals surface area (Å²) >= 11 is 0. The third kappa shape index (κ3) is 4.56. The summed E-state index contributed by atoms with van der Waals surface area (Å²) in [6.45, 7) is 4.20. The Hall–Kier alpha value is -4.27. The maximum Gasteiger partial charge on any atom is 0.321 e. The van der Waals surface area contributed by atoms with Crippen LogP contribution in [0.2, 0.25) is 0 Å². The van der Waals surface area contributed by atoms with E-state index < -0.39 is 12.1 Å². The van der Waals surface area contributed by atoms with Crippen molar-refractivity contribution in [2.75, 3.05) is 11.9 Å². The number of likely N-dealkylation sites (N-methyl/N-ethyl adjacent to an activating group) is 1. The Bertz CT molecular complexity index is 1250. The molecule has 0 radical (unpaired) electrons. The van der Waals surface area contributed by atoms with E-state index in [9.17, 15) is 9.59 Å². The van der Waals surface area contributed by atoms with Crippen LogP contribution in [0.3, 0.4) is 0 Å². The van der Waals surface area contributed by atoms with Crippen LogP contribution in [0.4, 0.5) is 10.6 Å². The van der Waals surface area contributed by atoms with E-state index in [1.165, 1.54) is 0 Å². The average Bonchev–Trinajstić information content (AvgIpc) is 3.21. The van der Waals surface area contributed by atoms with Gasteiger partial charge in [0.15, 0.2) is 0 Å². The third-order valence-electron chi connectivity index (χ3n) is 4.84. The van der Waals surface area contributed by atoms with Gasteiger partial charge in [0.25, 0.3) is 0 Å². The molecule has 1 aromatic carbocycles. The molecule has 0 unspecified atom stereocenters. The predicted octanol–water partition coefficient (Wildman–Crippen LogP) is 3.12. The van der Waals surface area contributed by atoms with Crippen molar-refractivity contribution < 1.29 is 9.59 Å². The Morgan fingerprint density at radius 2 is 1.88 bits per heavy atom. The van der Waals surface area contributed by atoms with Gasteiger partial charge in [-0.3, -0.25) is 15.1 Å². The number of anilines is 1. The molecule has 9 nitrogen and oxygen atoms in total. The van der Waals surface area contributed by atoms with Gasteiger partial charge in [-0.15, -0.1) is 0 Å². The van der Waals surface area contributed by atoms with Crippen LogP contribution in [0.5, 0.6) is 0 Å². The minimum Gasteiger partial charge on any atom is -0.354 e. The van der Waals surface area contributed by atoms with Gasteiger partial charge in [-0.2, -0.15) is 5.10 Å². The van der Waals surface area contributed by atoms with Crippen LogP contribution in [-0.4, -0.2) is 38.2 Å². The quantitative estimate of drug-likeness (QED) is 0.436. The lowest BCUT2D eigenvalue weighted by Gasteiger charge is -2.18. The number of fused-ring (bicyclic) bond motifs is 1. The molecule has 4 rings (SSSR count). The van der Waals surface area contributed by atoms with Crippen molar-refractivity contribution >= 4 is 28.7 Å². The fourth-order valence-corrected chi connectivity index (χ4v) is 3.37. The van der Waals surface area contributed by atoms with Gasteiger partial charge in [0.05, 0.1) is 23.6 Å². The van der Waals surface area contributed by atoms with Gasteiger partial charge in [0, 0.05) is 23.8 Å². The number of carbonyl (C=O) groups excluding carboxylic acids is 2. The van der Waals surface area contributed by atoms with Crippen LogP contribution in [0, 0.1) is 6.92 Å². The molecule has 0 saturated heterocycles. The molecule has 3 aromatic heterocycles. The highest BCUT2D eigenvalue weighted by molar-refractivity contribution is 5.95. The highest BCUT2D eigenvalue weighted by Gasteiger charge is 2.22. The van der Waals surface area contributed by atoms with Crippen LogP contribution in [0.25, 0.3) is 16.6 Å². The van der Waals surface area contributed by atoms with Crippen molar-refractivity contribution in [2.24, 2.45) is 0 Å². The van der Waals surface area contributed by atoms with E-state index in [-0.39, 0.29) is 5.91 Å². The maximum absolute atomic E-state index is 12.6. The van der Waals surface area contributed by atoms with E-state index in [1.807, 2.05) is 44.2 Å². The van der Waals surface area contributed by atoms with E-state index in [0.717, 1.165) is 22.3 Å². The van der Waals surface area contributed by atoms with Crippen LogP contribution < -0.4 is 16.0 Å². The fraction of sp³-hybridized carbons (Fsp3) is 0.174. The van der Waals surface area contributed by atoms with Crippen LogP contribution in [0.15, 0.2) is 67.1 Å². The molecule has 32 heavy (non-hydrogen) atoms. The third-order valence-corrected chi connectivity index (χ3v) is 4.84. The summed E-state index contributed by atoms with van der Waals surface area (Å²) < 4.78 is 1.77. The zero-order chi connectivity index (χ0) is 22.5. The topological polar surface area (TPSA) is 114 Å². The summed E-state index contributed by atoms with van der Waals surface area (Å²) in [5, 5.41) is 13.4. The van der Waals surface area contributed by atoms with Gasteiger partial charge in [0.2, 0.25) is 5.91 Å². The summed E-state index contributed by atoms with van der Waals surface area (Å²) in [5.41, 5.74) is 3.24. The molecule has 162 valence electrons. The number of aryl methyl sites for hydroxylation is 1. The van der Waals surface area contributed by atoms with Gasteiger partial charge in [0.1, 0.15) is 11.9 Å².